The highest BCUT2D eigenvalue weighted by molar-refractivity contribution is 7.91. The van der Waals surface area contributed by atoms with Crippen molar-refractivity contribution in [2.75, 3.05) is 18.1 Å². The molecule has 0 aliphatic heterocycles. The number of carboxylic acids is 1. The zero-order valence-corrected chi connectivity index (χ0v) is 12.0. The van der Waals surface area contributed by atoms with Crippen LogP contribution in [-0.2, 0) is 21.1 Å². The number of nitrogens with zero attached hydrogens (tertiary/aromatic N) is 2. The molecule has 1 rings (SSSR count). The maximum absolute atomic E-state index is 11.6. The van der Waals surface area contributed by atoms with Crippen molar-refractivity contribution in [3.63, 3.8) is 0 Å². The van der Waals surface area contributed by atoms with Crippen molar-refractivity contribution in [3.05, 3.63) is 17.5 Å². The Morgan fingerprint density at radius 1 is 1.40 bits per heavy atom. The minimum Gasteiger partial charge on any atom is -0.478 e. The van der Waals surface area contributed by atoms with Gasteiger partial charge in [-0.2, -0.15) is 5.10 Å². The third-order valence-electron chi connectivity index (χ3n) is 2.53. The van der Waals surface area contributed by atoms with E-state index in [9.17, 15) is 18.0 Å². The molecule has 0 unspecified atom stereocenters. The van der Waals surface area contributed by atoms with Gasteiger partial charge in [0.2, 0.25) is 0 Å². The molecule has 0 aliphatic rings. The standard InChI is InChI=1S/C11H16N2O6S/c1-3-19-11(16)9-8(10(14)15)7-13(12-9)5-6-20(17,18)4-2/h7H,3-6H2,1-2H3,(H,14,15). The fourth-order valence-corrected chi connectivity index (χ4v) is 2.17. The van der Waals surface area contributed by atoms with E-state index in [1.54, 1.807) is 6.92 Å². The Labute approximate surface area is 116 Å². The summed E-state index contributed by atoms with van der Waals surface area (Å²) in [4.78, 5) is 22.6. The van der Waals surface area contributed by atoms with Crippen LogP contribution in [0.2, 0.25) is 0 Å². The molecule has 0 bridgehead atoms. The summed E-state index contributed by atoms with van der Waals surface area (Å²) >= 11 is 0. The van der Waals surface area contributed by atoms with Gasteiger partial charge in [-0.15, -0.1) is 0 Å². The summed E-state index contributed by atoms with van der Waals surface area (Å²) in [5, 5.41) is 12.8. The molecule has 8 nitrogen and oxygen atoms in total. The summed E-state index contributed by atoms with van der Waals surface area (Å²) in [7, 11) is -3.20. The first-order valence-electron chi connectivity index (χ1n) is 5.99. The SMILES string of the molecule is CCOC(=O)c1nn(CCS(=O)(=O)CC)cc1C(=O)O. The normalized spacial score (nSPS) is 11.3. The van der Waals surface area contributed by atoms with Crippen LogP contribution in [-0.4, -0.2) is 53.4 Å². The van der Waals surface area contributed by atoms with Gasteiger partial charge in [0.1, 0.15) is 5.56 Å². The fourth-order valence-electron chi connectivity index (χ4n) is 1.42. The molecule has 1 aromatic heterocycles. The molecule has 112 valence electrons. The minimum atomic E-state index is -3.20. The lowest BCUT2D eigenvalue weighted by Gasteiger charge is -2.01. The van der Waals surface area contributed by atoms with Crippen LogP contribution in [0, 0.1) is 0 Å². The molecule has 0 radical (unpaired) electrons. The largest absolute Gasteiger partial charge is 0.478 e. The van der Waals surface area contributed by atoms with Gasteiger partial charge >= 0.3 is 11.9 Å². The fraction of sp³-hybridized carbons (Fsp3) is 0.545. The van der Waals surface area contributed by atoms with Gasteiger partial charge in [-0.1, -0.05) is 6.92 Å². The Kier molecular flexibility index (Phi) is 5.26. The van der Waals surface area contributed by atoms with Crippen LogP contribution in [0.5, 0.6) is 0 Å². The molecule has 0 aromatic carbocycles. The molecule has 0 aliphatic carbocycles. The van der Waals surface area contributed by atoms with Gasteiger partial charge in [0, 0.05) is 11.9 Å². The quantitative estimate of drug-likeness (QED) is 0.715. The van der Waals surface area contributed by atoms with E-state index in [0.29, 0.717) is 0 Å². The van der Waals surface area contributed by atoms with Crippen LogP contribution >= 0.6 is 0 Å². The predicted molar refractivity (Wildman–Crippen MR) is 69.5 cm³/mol. The number of hydrogen-bond donors (Lipinski definition) is 1. The molecule has 1 heterocycles. The summed E-state index contributed by atoms with van der Waals surface area (Å²) in [5.41, 5.74) is -0.634. The number of esters is 1. The number of sulfone groups is 1. The van der Waals surface area contributed by atoms with E-state index >= 15 is 0 Å². The van der Waals surface area contributed by atoms with Crippen molar-refractivity contribution >= 4 is 21.8 Å². The van der Waals surface area contributed by atoms with Gasteiger partial charge in [-0.05, 0) is 6.92 Å². The summed E-state index contributed by atoms with van der Waals surface area (Å²) in [6.45, 7) is 3.18. The molecule has 1 N–H and O–H groups in total. The van der Waals surface area contributed by atoms with E-state index in [2.05, 4.69) is 5.10 Å². The summed E-state index contributed by atoms with van der Waals surface area (Å²) in [5.74, 6) is -2.35. The first-order chi connectivity index (χ1) is 9.30. The van der Waals surface area contributed by atoms with Gasteiger partial charge in [0.25, 0.3) is 0 Å². The van der Waals surface area contributed by atoms with Crippen molar-refractivity contribution in [1.82, 2.24) is 9.78 Å². The zero-order chi connectivity index (χ0) is 15.3. The second-order valence-electron chi connectivity index (χ2n) is 3.92. The topological polar surface area (TPSA) is 116 Å². The van der Waals surface area contributed by atoms with Crippen LogP contribution in [0.1, 0.15) is 34.7 Å². The number of hydrogen-bond acceptors (Lipinski definition) is 6. The van der Waals surface area contributed by atoms with Gasteiger partial charge < -0.3 is 9.84 Å². The van der Waals surface area contributed by atoms with Gasteiger partial charge in [0.05, 0.1) is 18.9 Å². The number of carboxylic acid groups (broad SMARTS) is 1. The van der Waals surface area contributed by atoms with Crippen molar-refractivity contribution < 1.29 is 27.9 Å². The van der Waals surface area contributed by atoms with Crippen LogP contribution < -0.4 is 0 Å². The molecule has 20 heavy (non-hydrogen) atoms. The first-order valence-corrected chi connectivity index (χ1v) is 7.81. The number of aryl methyl sites for hydroxylation is 1. The van der Waals surface area contributed by atoms with Crippen LogP contribution in [0.3, 0.4) is 0 Å². The average molecular weight is 304 g/mol. The van der Waals surface area contributed by atoms with Crippen LogP contribution in [0.15, 0.2) is 6.20 Å². The number of rotatable bonds is 7. The average Bonchev–Trinajstić information content (AvgIpc) is 2.81. The number of carbonyl (C=O) groups is 2. The molecule has 0 amide bonds. The Hall–Kier alpha value is -1.90. The van der Waals surface area contributed by atoms with Crippen molar-refractivity contribution in [2.24, 2.45) is 0 Å². The van der Waals surface area contributed by atoms with Crippen molar-refractivity contribution in [2.45, 2.75) is 20.4 Å². The highest BCUT2D eigenvalue weighted by atomic mass is 32.2. The maximum Gasteiger partial charge on any atom is 0.359 e. The first kappa shape index (κ1) is 16.2. The smallest absolute Gasteiger partial charge is 0.359 e. The molecule has 0 atom stereocenters. The predicted octanol–water partition coefficient (Wildman–Crippen LogP) is 0.193. The van der Waals surface area contributed by atoms with E-state index in [1.807, 2.05) is 0 Å². The summed E-state index contributed by atoms with van der Waals surface area (Å²) in [6, 6.07) is 0. The lowest BCUT2D eigenvalue weighted by molar-refractivity contribution is 0.0507. The number of carbonyl (C=O) groups excluding carboxylic acids is 1. The lowest BCUT2D eigenvalue weighted by atomic mass is 10.2. The highest BCUT2D eigenvalue weighted by Gasteiger charge is 2.23. The van der Waals surface area contributed by atoms with E-state index < -0.39 is 21.8 Å². The van der Waals surface area contributed by atoms with Gasteiger partial charge in [-0.25, -0.2) is 18.0 Å². The molecule has 9 heteroatoms. The van der Waals surface area contributed by atoms with Crippen molar-refractivity contribution in [1.29, 1.82) is 0 Å². The molecular formula is C11H16N2O6S. The molecular weight excluding hydrogens is 288 g/mol. The highest BCUT2D eigenvalue weighted by Crippen LogP contribution is 2.09. The van der Waals surface area contributed by atoms with E-state index in [4.69, 9.17) is 9.84 Å². The monoisotopic (exact) mass is 304 g/mol. The molecule has 0 spiro atoms. The zero-order valence-electron chi connectivity index (χ0n) is 11.2. The van der Waals surface area contributed by atoms with E-state index in [0.717, 1.165) is 10.9 Å². The number of aromatic carboxylic acids is 1. The van der Waals surface area contributed by atoms with Gasteiger partial charge in [0.15, 0.2) is 15.5 Å². The Morgan fingerprint density at radius 2 is 2.05 bits per heavy atom. The lowest BCUT2D eigenvalue weighted by Crippen LogP contribution is -2.15. The second-order valence-corrected chi connectivity index (χ2v) is 6.39. The van der Waals surface area contributed by atoms with Crippen LogP contribution in [0.4, 0.5) is 0 Å². The Balaban J connectivity index is 2.98. The molecule has 0 fully saturated rings. The maximum atomic E-state index is 11.6. The third-order valence-corrected chi connectivity index (χ3v) is 4.22. The number of ether oxygens (including phenoxy) is 1. The second kappa shape index (κ2) is 6.51. The summed E-state index contributed by atoms with van der Waals surface area (Å²) in [6.07, 6.45) is 1.12. The van der Waals surface area contributed by atoms with Gasteiger partial charge in [-0.3, -0.25) is 4.68 Å². The molecule has 1 aromatic rings. The number of aromatic nitrogens is 2. The Bertz CT molecular complexity index is 604. The molecule has 0 saturated carbocycles. The van der Waals surface area contributed by atoms with Crippen molar-refractivity contribution in [3.8, 4) is 0 Å². The Morgan fingerprint density at radius 3 is 2.55 bits per heavy atom. The van der Waals surface area contributed by atoms with Crippen LogP contribution in [0.25, 0.3) is 0 Å². The third kappa shape index (κ3) is 4.05. The minimum absolute atomic E-state index is 0.00914. The van der Waals surface area contributed by atoms with E-state index in [1.165, 1.54) is 6.92 Å². The molecule has 0 saturated heterocycles. The summed E-state index contributed by atoms with van der Waals surface area (Å²) < 4.78 is 28.6. The van der Waals surface area contributed by atoms with E-state index in [-0.39, 0.29) is 35.9 Å².